The van der Waals surface area contributed by atoms with E-state index >= 15 is 0 Å². The molecule has 4 nitrogen and oxygen atoms in total. The van der Waals surface area contributed by atoms with Gasteiger partial charge in [0.1, 0.15) is 10.8 Å². The second-order valence-corrected chi connectivity index (χ2v) is 6.12. The average molecular weight is 338 g/mol. The van der Waals surface area contributed by atoms with Gasteiger partial charge in [0.05, 0.1) is 18.4 Å². The van der Waals surface area contributed by atoms with E-state index in [1.807, 2.05) is 60.0 Å². The first-order valence-corrected chi connectivity index (χ1v) is 8.57. The van der Waals surface area contributed by atoms with Crippen molar-refractivity contribution in [3.05, 3.63) is 65.7 Å². The summed E-state index contributed by atoms with van der Waals surface area (Å²) >= 11 is 1.57. The highest BCUT2D eigenvalue weighted by molar-refractivity contribution is 7.13. The number of carbonyl (C=O) groups is 1. The fourth-order valence-corrected chi connectivity index (χ4v) is 3.24. The lowest BCUT2D eigenvalue weighted by atomic mass is 10.2. The standard InChI is InChI=1S/C19H18N2O2S/c1-23-17-10-6-5-9-16(17)19-21-15(13-24-19)11-12-18(22)20-14-7-3-2-4-8-14/h2-10,13H,11-12H2,1H3,(H,20,22). The lowest BCUT2D eigenvalue weighted by Crippen LogP contribution is -2.12. The van der Waals surface area contributed by atoms with E-state index in [1.165, 1.54) is 0 Å². The van der Waals surface area contributed by atoms with Crippen molar-refractivity contribution in [1.82, 2.24) is 4.98 Å². The number of nitrogens with one attached hydrogen (secondary N) is 1. The molecule has 24 heavy (non-hydrogen) atoms. The quantitative estimate of drug-likeness (QED) is 0.725. The number of aromatic nitrogens is 1. The number of para-hydroxylation sites is 2. The highest BCUT2D eigenvalue weighted by atomic mass is 32.1. The Bertz CT molecular complexity index is 815. The third-order valence-electron chi connectivity index (χ3n) is 3.55. The molecule has 2 aromatic carbocycles. The molecule has 0 aliphatic heterocycles. The van der Waals surface area contributed by atoms with Gasteiger partial charge in [0.15, 0.2) is 0 Å². The predicted octanol–water partition coefficient (Wildman–Crippen LogP) is 4.39. The molecule has 1 aromatic heterocycles. The van der Waals surface area contributed by atoms with E-state index in [2.05, 4.69) is 10.3 Å². The van der Waals surface area contributed by atoms with Gasteiger partial charge < -0.3 is 10.1 Å². The molecule has 0 bridgehead atoms. The number of ether oxygens (including phenoxy) is 1. The summed E-state index contributed by atoms with van der Waals surface area (Å²) in [7, 11) is 1.65. The number of thiazole rings is 1. The van der Waals surface area contributed by atoms with Gasteiger partial charge in [0, 0.05) is 17.5 Å². The van der Waals surface area contributed by atoms with Crippen LogP contribution in [0.25, 0.3) is 10.6 Å². The smallest absolute Gasteiger partial charge is 0.224 e. The van der Waals surface area contributed by atoms with E-state index in [0.717, 1.165) is 27.7 Å². The van der Waals surface area contributed by atoms with Gasteiger partial charge in [-0.05, 0) is 30.7 Å². The minimum atomic E-state index is -0.00644. The van der Waals surface area contributed by atoms with Crippen LogP contribution in [0.1, 0.15) is 12.1 Å². The molecule has 5 heteroatoms. The van der Waals surface area contributed by atoms with Crippen molar-refractivity contribution >= 4 is 22.9 Å². The normalized spacial score (nSPS) is 10.4. The van der Waals surface area contributed by atoms with Crippen LogP contribution in [0, 0.1) is 0 Å². The van der Waals surface area contributed by atoms with E-state index in [9.17, 15) is 4.79 Å². The molecule has 1 heterocycles. The number of rotatable bonds is 6. The van der Waals surface area contributed by atoms with Gasteiger partial charge in [0.2, 0.25) is 5.91 Å². The number of nitrogens with zero attached hydrogens (tertiary/aromatic N) is 1. The first-order valence-electron chi connectivity index (χ1n) is 7.69. The minimum absolute atomic E-state index is 0.00644. The summed E-state index contributed by atoms with van der Waals surface area (Å²) in [4.78, 5) is 16.6. The number of benzene rings is 2. The van der Waals surface area contributed by atoms with Gasteiger partial charge in [-0.2, -0.15) is 0 Å². The maximum atomic E-state index is 12.0. The van der Waals surface area contributed by atoms with Crippen LogP contribution in [-0.2, 0) is 11.2 Å². The fourth-order valence-electron chi connectivity index (χ4n) is 2.35. The topological polar surface area (TPSA) is 51.2 Å². The SMILES string of the molecule is COc1ccccc1-c1nc(CCC(=O)Nc2ccccc2)cs1. The summed E-state index contributed by atoms with van der Waals surface area (Å²) in [5, 5.41) is 5.79. The molecular weight excluding hydrogens is 320 g/mol. The van der Waals surface area contributed by atoms with Crippen LogP contribution in [0.3, 0.4) is 0 Å². The lowest BCUT2D eigenvalue weighted by molar-refractivity contribution is -0.116. The molecule has 0 atom stereocenters. The maximum Gasteiger partial charge on any atom is 0.224 e. The summed E-state index contributed by atoms with van der Waals surface area (Å²) in [5.41, 5.74) is 2.71. The number of aryl methyl sites for hydroxylation is 1. The van der Waals surface area contributed by atoms with Crippen molar-refractivity contribution in [3.63, 3.8) is 0 Å². The summed E-state index contributed by atoms with van der Waals surface area (Å²) < 4.78 is 5.38. The Morgan fingerprint density at radius 3 is 2.67 bits per heavy atom. The Morgan fingerprint density at radius 1 is 1.12 bits per heavy atom. The van der Waals surface area contributed by atoms with Gasteiger partial charge in [-0.25, -0.2) is 4.98 Å². The third-order valence-corrected chi connectivity index (χ3v) is 4.48. The monoisotopic (exact) mass is 338 g/mol. The molecule has 1 amide bonds. The number of anilines is 1. The van der Waals surface area contributed by atoms with Crippen molar-refractivity contribution in [2.75, 3.05) is 12.4 Å². The van der Waals surface area contributed by atoms with Gasteiger partial charge >= 0.3 is 0 Å². The van der Waals surface area contributed by atoms with E-state index in [-0.39, 0.29) is 5.91 Å². The van der Waals surface area contributed by atoms with Crippen LogP contribution < -0.4 is 10.1 Å². The molecule has 3 aromatic rings. The van der Waals surface area contributed by atoms with Gasteiger partial charge in [0.25, 0.3) is 0 Å². The van der Waals surface area contributed by atoms with E-state index in [4.69, 9.17) is 4.74 Å². The zero-order valence-corrected chi connectivity index (χ0v) is 14.2. The summed E-state index contributed by atoms with van der Waals surface area (Å²) in [6, 6.07) is 17.3. The molecule has 0 unspecified atom stereocenters. The maximum absolute atomic E-state index is 12.0. The summed E-state index contributed by atoms with van der Waals surface area (Å²) in [6.45, 7) is 0. The molecule has 122 valence electrons. The van der Waals surface area contributed by atoms with Crippen LogP contribution in [0.15, 0.2) is 60.0 Å². The fraction of sp³-hybridized carbons (Fsp3) is 0.158. The first kappa shape index (κ1) is 16.2. The number of amides is 1. The Labute approximate surface area is 145 Å². The molecular formula is C19H18N2O2S. The molecule has 0 spiro atoms. The molecule has 0 aliphatic carbocycles. The average Bonchev–Trinajstić information content (AvgIpc) is 3.09. The first-order chi connectivity index (χ1) is 11.8. The molecule has 0 fully saturated rings. The van der Waals surface area contributed by atoms with Crippen molar-refractivity contribution < 1.29 is 9.53 Å². The van der Waals surface area contributed by atoms with Crippen molar-refractivity contribution in [2.24, 2.45) is 0 Å². The third kappa shape index (κ3) is 4.00. The van der Waals surface area contributed by atoms with Crippen LogP contribution in [-0.4, -0.2) is 18.0 Å². The van der Waals surface area contributed by atoms with Crippen molar-refractivity contribution in [1.29, 1.82) is 0 Å². The van der Waals surface area contributed by atoms with Gasteiger partial charge in [-0.1, -0.05) is 30.3 Å². The van der Waals surface area contributed by atoms with Crippen LogP contribution in [0.2, 0.25) is 0 Å². The second kappa shape index (κ2) is 7.75. The van der Waals surface area contributed by atoms with Crippen molar-refractivity contribution in [2.45, 2.75) is 12.8 Å². The molecule has 3 rings (SSSR count). The second-order valence-electron chi connectivity index (χ2n) is 5.26. The molecule has 0 saturated heterocycles. The number of methoxy groups -OCH3 is 1. The molecule has 0 radical (unpaired) electrons. The lowest BCUT2D eigenvalue weighted by Gasteiger charge is -2.05. The van der Waals surface area contributed by atoms with Gasteiger partial charge in [-0.15, -0.1) is 11.3 Å². The zero-order valence-electron chi connectivity index (χ0n) is 13.4. The highest BCUT2D eigenvalue weighted by Crippen LogP contribution is 2.32. The highest BCUT2D eigenvalue weighted by Gasteiger charge is 2.11. The van der Waals surface area contributed by atoms with Crippen LogP contribution >= 0.6 is 11.3 Å². The molecule has 1 N–H and O–H groups in total. The summed E-state index contributed by atoms with van der Waals surface area (Å²) in [5.74, 6) is 0.799. The Morgan fingerprint density at radius 2 is 1.88 bits per heavy atom. The van der Waals surface area contributed by atoms with E-state index < -0.39 is 0 Å². The number of hydrogen-bond donors (Lipinski definition) is 1. The Kier molecular flexibility index (Phi) is 5.23. The Balaban J connectivity index is 1.61. The number of carbonyl (C=O) groups excluding carboxylic acids is 1. The largest absolute Gasteiger partial charge is 0.496 e. The minimum Gasteiger partial charge on any atom is -0.496 e. The summed E-state index contributed by atoms with van der Waals surface area (Å²) in [6.07, 6.45) is 1.02. The number of hydrogen-bond acceptors (Lipinski definition) is 4. The molecule has 0 saturated carbocycles. The zero-order chi connectivity index (χ0) is 16.8. The molecule has 0 aliphatic rings. The van der Waals surface area contributed by atoms with E-state index in [0.29, 0.717) is 12.8 Å². The van der Waals surface area contributed by atoms with Crippen LogP contribution in [0.5, 0.6) is 5.75 Å². The predicted molar refractivity (Wildman–Crippen MR) is 97.5 cm³/mol. The van der Waals surface area contributed by atoms with Gasteiger partial charge in [-0.3, -0.25) is 4.79 Å². The van der Waals surface area contributed by atoms with E-state index in [1.54, 1.807) is 18.4 Å². The Hall–Kier alpha value is -2.66. The van der Waals surface area contributed by atoms with Crippen LogP contribution in [0.4, 0.5) is 5.69 Å². The van der Waals surface area contributed by atoms with Crippen molar-refractivity contribution in [3.8, 4) is 16.3 Å².